The molecule has 62 valence electrons. The van der Waals surface area contributed by atoms with E-state index in [1.807, 2.05) is 12.1 Å². The van der Waals surface area contributed by atoms with Crippen LogP contribution in [0.1, 0.15) is 11.1 Å². The second kappa shape index (κ2) is 4.74. The number of carbonyl (C=O) groups excluding carboxylic acids is 1. The standard InChI is InChI=1S/C11H7NO/c12-8-7-11-5-3-10(4-6-11)2-1-9-13/h3-6,9H,7H2. The van der Waals surface area contributed by atoms with Crippen LogP contribution in [-0.2, 0) is 11.2 Å². The van der Waals surface area contributed by atoms with E-state index in [0.29, 0.717) is 12.7 Å². The molecule has 0 N–H and O–H groups in total. The largest absolute Gasteiger partial charge is 0.289 e. The number of carbonyl (C=O) groups is 1. The number of benzene rings is 1. The second-order valence-corrected chi connectivity index (χ2v) is 2.42. The molecule has 0 amide bonds. The third-order valence-electron chi connectivity index (χ3n) is 1.51. The fourth-order valence-corrected chi connectivity index (χ4v) is 0.910. The average molecular weight is 169 g/mol. The Labute approximate surface area is 76.8 Å². The van der Waals surface area contributed by atoms with Crippen molar-refractivity contribution in [2.24, 2.45) is 0 Å². The summed E-state index contributed by atoms with van der Waals surface area (Å²) in [4.78, 5) is 9.93. The van der Waals surface area contributed by atoms with Crippen molar-refractivity contribution in [1.29, 1.82) is 5.26 Å². The molecule has 0 spiro atoms. The maximum atomic E-state index is 9.93. The van der Waals surface area contributed by atoms with Gasteiger partial charge in [0.2, 0.25) is 0 Å². The summed E-state index contributed by atoms with van der Waals surface area (Å²) < 4.78 is 0. The van der Waals surface area contributed by atoms with Gasteiger partial charge in [-0.15, -0.1) is 0 Å². The summed E-state index contributed by atoms with van der Waals surface area (Å²) in [5.41, 5.74) is 1.74. The Morgan fingerprint density at radius 1 is 1.31 bits per heavy atom. The summed E-state index contributed by atoms with van der Waals surface area (Å²) in [6.45, 7) is 0. The molecule has 2 heteroatoms. The zero-order valence-corrected chi connectivity index (χ0v) is 6.95. The lowest BCUT2D eigenvalue weighted by atomic mass is 10.1. The van der Waals surface area contributed by atoms with Gasteiger partial charge < -0.3 is 0 Å². The van der Waals surface area contributed by atoms with Crippen LogP contribution in [0.5, 0.6) is 0 Å². The molecule has 0 fully saturated rings. The van der Waals surface area contributed by atoms with Crippen LogP contribution in [0.4, 0.5) is 0 Å². The first-order chi connectivity index (χ1) is 6.36. The van der Waals surface area contributed by atoms with Crippen LogP contribution in [0.15, 0.2) is 24.3 Å². The Morgan fingerprint density at radius 3 is 2.54 bits per heavy atom. The zero-order valence-electron chi connectivity index (χ0n) is 6.95. The van der Waals surface area contributed by atoms with E-state index in [1.165, 1.54) is 0 Å². The molecule has 0 atom stereocenters. The average Bonchev–Trinajstić information content (AvgIpc) is 2.17. The molecular weight excluding hydrogens is 162 g/mol. The molecule has 0 saturated heterocycles. The maximum absolute atomic E-state index is 9.93. The van der Waals surface area contributed by atoms with Crippen LogP contribution in [0, 0.1) is 23.2 Å². The molecule has 1 rings (SSSR count). The minimum atomic E-state index is 0.404. The predicted molar refractivity (Wildman–Crippen MR) is 48.7 cm³/mol. The Bertz CT molecular complexity index is 387. The van der Waals surface area contributed by atoms with Crippen molar-refractivity contribution in [3.8, 4) is 17.9 Å². The van der Waals surface area contributed by atoms with Crippen molar-refractivity contribution in [3.05, 3.63) is 35.4 Å². The van der Waals surface area contributed by atoms with Crippen LogP contribution in [0.2, 0.25) is 0 Å². The van der Waals surface area contributed by atoms with Gasteiger partial charge in [-0.2, -0.15) is 5.26 Å². The number of nitrogens with zero attached hydrogens (tertiary/aromatic N) is 1. The maximum Gasteiger partial charge on any atom is 0.193 e. The van der Waals surface area contributed by atoms with Crippen molar-refractivity contribution in [1.82, 2.24) is 0 Å². The first kappa shape index (κ1) is 9.03. The quantitative estimate of drug-likeness (QED) is 0.469. The molecule has 13 heavy (non-hydrogen) atoms. The number of nitriles is 1. The first-order valence-corrected chi connectivity index (χ1v) is 3.78. The van der Waals surface area contributed by atoms with E-state index in [9.17, 15) is 4.79 Å². The fourth-order valence-electron chi connectivity index (χ4n) is 0.910. The zero-order chi connectivity index (χ0) is 9.52. The summed E-state index contributed by atoms with van der Waals surface area (Å²) in [6, 6.07) is 9.31. The molecule has 1 aromatic carbocycles. The van der Waals surface area contributed by atoms with E-state index < -0.39 is 0 Å². The van der Waals surface area contributed by atoms with Crippen molar-refractivity contribution in [2.45, 2.75) is 6.42 Å². The summed E-state index contributed by atoms with van der Waals surface area (Å²) in [5, 5.41) is 8.41. The van der Waals surface area contributed by atoms with Gasteiger partial charge in [-0.05, 0) is 23.6 Å². The van der Waals surface area contributed by atoms with Gasteiger partial charge in [-0.3, -0.25) is 4.79 Å². The molecule has 2 nitrogen and oxygen atoms in total. The topological polar surface area (TPSA) is 40.9 Å². The predicted octanol–water partition coefficient (Wildman–Crippen LogP) is 1.30. The molecular formula is C11H7NO. The monoisotopic (exact) mass is 169 g/mol. The minimum Gasteiger partial charge on any atom is -0.289 e. The Balaban J connectivity index is 2.82. The van der Waals surface area contributed by atoms with E-state index in [2.05, 4.69) is 17.9 Å². The van der Waals surface area contributed by atoms with E-state index in [0.717, 1.165) is 11.1 Å². The minimum absolute atomic E-state index is 0.404. The molecule has 0 aliphatic heterocycles. The Kier molecular flexibility index (Phi) is 3.30. The van der Waals surface area contributed by atoms with Gasteiger partial charge in [0.05, 0.1) is 12.5 Å². The normalized spacial score (nSPS) is 7.92. The number of hydrogen-bond acceptors (Lipinski definition) is 2. The smallest absolute Gasteiger partial charge is 0.193 e. The Morgan fingerprint density at radius 2 is 2.00 bits per heavy atom. The van der Waals surface area contributed by atoms with Crippen molar-refractivity contribution >= 4 is 6.29 Å². The lowest BCUT2D eigenvalue weighted by Gasteiger charge is -1.93. The molecule has 0 unspecified atom stereocenters. The van der Waals surface area contributed by atoms with E-state index in [1.54, 1.807) is 12.1 Å². The van der Waals surface area contributed by atoms with Crippen molar-refractivity contribution in [3.63, 3.8) is 0 Å². The van der Waals surface area contributed by atoms with Gasteiger partial charge in [-0.1, -0.05) is 18.1 Å². The number of hydrogen-bond donors (Lipinski definition) is 0. The summed E-state index contributed by atoms with van der Waals surface area (Å²) in [7, 11) is 0. The molecule has 0 aromatic heterocycles. The molecule has 0 aliphatic carbocycles. The number of rotatable bonds is 1. The highest BCUT2D eigenvalue weighted by Crippen LogP contribution is 2.03. The third-order valence-corrected chi connectivity index (χ3v) is 1.51. The van der Waals surface area contributed by atoms with Gasteiger partial charge in [-0.25, -0.2) is 0 Å². The second-order valence-electron chi connectivity index (χ2n) is 2.42. The van der Waals surface area contributed by atoms with Crippen LogP contribution in [-0.4, -0.2) is 6.29 Å². The highest BCUT2D eigenvalue weighted by Gasteiger charge is 1.90. The van der Waals surface area contributed by atoms with Crippen molar-refractivity contribution < 1.29 is 4.79 Å². The van der Waals surface area contributed by atoms with Crippen LogP contribution >= 0.6 is 0 Å². The van der Waals surface area contributed by atoms with Gasteiger partial charge in [0.25, 0.3) is 0 Å². The highest BCUT2D eigenvalue weighted by atomic mass is 16.1. The SMILES string of the molecule is N#CCc1ccc(C#CC=O)cc1. The Hall–Kier alpha value is -2.06. The van der Waals surface area contributed by atoms with Crippen LogP contribution in [0.3, 0.4) is 0 Å². The lowest BCUT2D eigenvalue weighted by Crippen LogP contribution is -1.81. The van der Waals surface area contributed by atoms with E-state index in [-0.39, 0.29) is 0 Å². The third kappa shape index (κ3) is 2.81. The molecule has 0 radical (unpaired) electrons. The molecule has 1 aromatic rings. The summed E-state index contributed by atoms with van der Waals surface area (Å²) >= 11 is 0. The van der Waals surface area contributed by atoms with Crippen molar-refractivity contribution in [2.75, 3.05) is 0 Å². The molecule has 0 saturated carbocycles. The van der Waals surface area contributed by atoms with Gasteiger partial charge >= 0.3 is 0 Å². The van der Waals surface area contributed by atoms with E-state index >= 15 is 0 Å². The van der Waals surface area contributed by atoms with Gasteiger partial charge in [0.1, 0.15) is 0 Å². The molecule has 0 bridgehead atoms. The highest BCUT2D eigenvalue weighted by molar-refractivity contribution is 5.73. The molecule has 0 aliphatic rings. The summed E-state index contributed by atoms with van der Waals surface area (Å²) in [5.74, 6) is 4.98. The van der Waals surface area contributed by atoms with E-state index in [4.69, 9.17) is 5.26 Å². The van der Waals surface area contributed by atoms with Gasteiger partial charge in [0.15, 0.2) is 6.29 Å². The summed E-state index contributed by atoms with van der Waals surface area (Å²) in [6.07, 6.45) is 0.963. The first-order valence-electron chi connectivity index (χ1n) is 3.78. The van der Waals surface area contributed by atoms with Crippen LogP contribution < -0.4 is 0 Å². The lowest BCUT2D eigenvalue weighted by molar-refractivity contribution is -0.103. The fraction of sp³-hybridized carbons (Fsp3) is 0.0909. The number of aldehydes is 1. The van der Waals surface area contributed by atoms with Gasteiger partial charge in [0, 0.05) is 5.56 Å². The molecule has 0 heterocycles. The van der Waals surface area contributed by atoms with Crippen LogP contribution in [0.25, 0.3) is 0 Å².